The molecule has 3 aliphatic rings. The molecule has 5 amide bonds. The third kappa shape index (κ3) is 3.71. The van der Waals surface area contributed by atoms with E-state index in [9.17, 15) is 19.2 Å². The Hall–Kier alpha value is -3.04. The lowest BCUT2D eigenvalue weighted by Gasteiger charge is -2.22. The summed E-state index contributed by atoms with van der Waals surface area (Å²) in [5.74, 6) is -0.162. The van der Waals surface area contributed by atoms with Crippen LogP contribution in [0.3, 0.4) is 0 Å². The van der Waals surface area contributed by atoms with Crippen molar-refractivity contribution in [2.75, 3.05) is 22.5 Å². The number of carbonyl (C=O) groups excluding carboxylic acids is 4. The maximum atomic E-state index is 12.8. The van der Waals surface area contributed by atoms with Crippen LogP contribution in [-0.2, 0) is 27.2 Å². The van der Waals surface area contributed by atoms with Gasteiger partial charge in [-0.1, -0.05) is 17.7 Å². The van der Waals surface area contributed by atoms with Gasteiger partial charge in [-0.3, -0.25) is 19.7 Å². The molecule has 2 heterocycles. The second kappa shape index (κ2) is 7.83. The number of amides is 5. The highest BCUT2D eigenvalue weighted by molar-refractivity contribution is 7.99. The number of fused-ring (bicyclic) bond motifs is 2. The van der Waals surface area contributed by atoms with Crippen molar-refractivity contribution in [2.45, 2.75) is 29.7 Å². The van der Waals surface area contributed by atoms with E-state index < -0.39 is 11.6 Å². The van der Waals surface area contributed by atoms with E-state index in [2.05, 4.69) is 16.0 Å². The highest BCUT2D eigenvalue weighted by atomic mass is 35.5. The van der Waals surface area contributed by atoms with Crippen LogP contribution >= 0.6 is 23.4 Å². The molecular weight excluding hydrogens is 452 g/mol. The van der Waals surface area contributed by atoms with Crippen LogP contribution in [0.5, 0.6) is 0 Å². The van der Waals surface area contributed by atoms with Crippen molar-refractivity contribution in [3.8, 4) is 0 Å². The Kier molecular flexibility index (Phi) is 5.10. The van der Waals surface area contributed by atoms with Gasteiger partial charge in [-0.05, 0) is 41.5 Å². The number of benzene rings is 2. The van der Waals surface area contributed by atoms with Crippen molar-refractivity contribution in [3.63, 3.8) is 0 Å². The molecule has 0 radical (unpaired) electrons. The van der Waals surface area contributed by atoms with Gasteiger partial charge in [0.25, 0.3) is 5.91 Å². The summed E-state index contributed by atoms with van der Waals surface area (Å²) in [6.07, 6.45) is 1.10. The molecule has 1 fully saturated rings. The zero-order chi connectivity index (χ0) is 22.5. The number of carbonyl (C=O) groups is 4. The third-order valence-electron chi connectivity index (χ3n) is 5.88. The molecule has 0 saturated carbocycles. The van der Waals surface area contributed by atoms with Gasteiger partial charge >= 0.3 is 6.03 Å². The second-order valence-corrected chi connectivity index (χ2v) is 9.64. The van der Waals surface area contributed by atoms with Gasteiger partial charge in [0.05, 0.1) is 5.69 Å². The van der Waals surface area contributed by atoms with Gasteiger partial charge in [0.1, 0.15) is 12.1 Å². The van der Waals surface area contributed by atoms with Gasteiger partial charge in [0, 0.05) is 43.5 Å². The van der Waals surface area contributed by atoms with E-state index >= 15 is 0 Å². The number of urea groups is 1. The molecule has 1 atom stereocenters. The number of hydrogen-bond donors (Lipinski definition) is 3. The Bertz CT molecular complexity index is 1200. The molecular formula is C22H23ClN4O4S. The minimum Gasteiger partial charge on any atom is -0.325 e. The summed E-state index contributed by atoms with van der Waals surface area (Å²) in [5, 5.41) is 8.36. The first-order valence-electron chi connectivity index (χ1n) is 10.1. The predicted molar refractivity (Wildman–Crippen MR) is 125 cm³/mol. The number of thioether (sulfide) groups is 1. The van der Waals surface area contributed by atoms with Crippen LogP contribution in [-0.4, -0.2) is 41.6 Å². The second-order valence-electron chi connectivity index (χ2n) is 8.07. The molecule has 2 aromatic carbocycles. The molecule has 10 heteroatoms. The molecule has 3 N–H and O–H groups in total. The monoisotopic (exact) mass is 474 g/mol. The summed E-state index contributed by atoms with van der Waals surface area (Å²) in [6.45, 7) is -0.133. The lowest BCUT2D eigenvalue weighted by atomic mass is 9.96. The molecule has 168 valence electrons. The van der Waals surface area contributed by atoms with Crippen molar-refractivity contribution in [1.82, 2.24) is 10.6 Å². The summed E-state index contributed by atoms with van der Waals surface area (Å²) in [6, 6.07) is 10.3. The zero-order valence-corrected chi connectivity index (χ0v) is 18.4. The summed E-state index contributed by atoms with van der Waals surface area (Å²) in [5.41, 5.74) is 2.09. The minimum atomic E-state index is -0.957. The van der Waals surface area contributed by atoms with Crippen LogP contribution in [0.4, 0.5) is 16.2 Å². The summed E-state index contributed by atoms with van der Waals surface area (Å²) in [7, 11) is 0. The Morgan fingerprint density at radius 2 is 1.97 bits per heavy atom. The standard InChI is InChI=1S/C22H19ClN4O4S.2H2/c23-14-2-4-17-16(8-14)27(19(29)5-6-32-17)11-18(28)24-15-3-1-12-9-22(10-13(12)7-15)20(30)25-21(31)26-22;;/h1-4,7-8H,5-6,9-11H2,(H,24,28)(H2,25,26,30,31);2*1H. The summed E-state index contributed by atoms with van der Waals surface area (Å²) >= 11 is 7.70. The van der Waals surface area contributed by atoms with Crippen LogP contribution < -0.4 is 20.9 Å². The van der Waals surface area contributed by atoms with E-state index in [0.29, 0.717) is 41.4 Å². The van der Waals surface area contributed by atoms with Crippen molar-refractivity contribution < 1.29 is 22.0 Å². The van der Waals surface area contributed by atoms with Gasteiger partial charge in [-0.25, -0.2) is 4.79 Å². The van der Waals surface area contributed by atoms with Gasteiger partial charge in [-0.15, -0.1) is 11.8 Å². The lowest BCUT2D eigenvalue weighted by Crippen LogP contribution is -2.47. The normalized spacial score (nSPS) is 21.7. The fraction of sp³-hybridized carbons (Fsp3) is 0.273. The largest absolute Gasteiger partial charge is 0.325 e. The number of nitrogens with zero attached hydrogens (tertiary/aromatic N) is 1. The fourth-order valence-corrected chi connectivity index (χ4v) is 5.53. The number of halogens is 1. The van der Waals surface area contributed by atoms with Crippen LogP contribution in [0.1, 0.15) is 20.4 Å². The molecule has 1 spiro atoms. The molecule has 0 bridgehead atoms. The number of rotatable bonds is 3. The Labute approximate surface area is 196 Å². The molecule has 1 unspecified atom stereocenters. The van der Waals surface area contributed by atoms with Crippen molar-refractivity contribution in [3.05, 3.63) is 52.5 Å². The molecule has 1 saturated heterocycles. The first-order valence-corrected chi connectivity index (χ1v) is 11.5. The molecule has 32 heavy (non-hydrogen) atoms. The maximum Gasteiger partial charge on any atom is 0.322 e. The number of nitrogens with one attached hydrogen (secondary N) is 3. The van der Waals surface area contributed by atoms with Gasteiger partial charge in [0.15, 0.2) is 0 Å². The average molecular weight is 475 g/mol. The Morgan fingerprint density at radius 1 is 1.16 bits per heavy atom. The lowest BCUT2D eigenvalue weighted by molar-refractivity contribution is -0.123. The summed E-state index contributed by atoms with van der Waals surface area (Å²) < 4.78 is 0. The van der Waals surface area contributed by atoms with E-state index in [1.807, 2.05) is 18.2 Å². The number of hydrogen-bond acceptors (Lipinski definition) is 5. The van der Waals surface area contributed by atoms with Crippen LogP contribution in [0, 0.1) is 0 Å². The average Bonchev–Trinajstić information content (AvgIpc) is 3.18. The van der Waals surface area contributed by atoms with Crippen LogP contribution in [0.2, 0.25) is 5.02 Å². The van der Waals surface area contributed by atoms with Crippen LogP contribution in [0.25, 0.3) is 0 Å². The first-order chi connectivity index (χ1) is 15.3. The van der Waals surface area contributed by atoms with E-state index in [1.165, 1.54) is 4.90 Å². The predicted octanol–water partition coefficient (Wildman–Crippen LogP) is 2.98. The van der Waals surface area contributed by atoms with Gasteiger partial charge < -0.3 is 15.5 Å². The molecule has 8 nitrogen and oxygen atoms in total. The Balaban J connectivity index is 0.00000162. The SMILES string of the molecule is O=C(CN1C(=O)CCSc2ccc(Cl)cc21)Nc1ccc2c(c1)CC1(C2)NC(=O)NC1=O.[HH].[HH]. The molecule has 1 aliphatic carbocycles. The van der Waals surface area contributed by atoms with Crippen molar-refractivity contribution in [1.29, 1.82) is 0 Å². The molecule has 5 rings (SSSR count). The van der Waals surface area contributed by atoms with Gasteiger partial charge in [-0.2, -0.15) is 0 Å². The highest BCUT2D eigenvalue weighted by Gasteiger charge is 2.50. The fourth-order valence-electron chi connectivity index (χ4n) is 4.39. The van der Waals surface area contributed by atoms with E-state index in [1.54, 1.807) is 30.0 Å². The minimum absolute atomic E-state index is 0. The smallest absolute Gasteiger partial charge is 0.322 e. The maximum absolute atomic E-state index is 12.8. The topological polar surface area (TPSA) is 108 Å². The molecule has 0 aromatic heterocycles. The number of anilines is 2. The van der Waals surface area contributed by atoms with Crippen molar-refractivity contribution in [2.24, 2.45) is 0 Å². The zero-order valence-electron chi connectivity index (χ0n) is 16.9. The highest BCUT2D eigenvalue weighted by Crippen LogP contribution is 2.37. The molecule has 2 aliphatic heterocycles. The van der Waals surface area contributed by atoms with Crippen LogP contribution in [0.15, 0.2) is 41.3 Å². The first kappa shape index (κ1) is 20.8. The van der Waals surface area contributed by atoms with E-state index in [0.717, 1.165) is 16.0 Å². The van der Waals surface area contributed by atoms with E-state index in [-0.39, 0.29) is 27.1 Å². The summed E-state index contributed by atoms with van der Waals surface area (Å²) in [4.78, 5) is 51.7. The Morgan fingerprint density at radius 3 is 2.75 bits per heavy atom. The van der Waals surface area contributed by atoms with Gasteiger partial charge in [0.2, 0.25) is 11.8 Å². The number of imide groups is 1. The quantitative estimate of drug-likeness (QED) is 0.593. The third-order valence-corrected chi connectivity index (χ3v) is 7.18. The van der Waals surface area contributed by atoms with Crippen molar-refractivity contribution >= 4 is 58.5 Å². The molecule has 2 aromatic rings. The van der Waals surface area contributed by atoms with E-state index in [4.69, 9.17) is 11.6 Å².